The van der Waals surface area contributed by atoms with Gasteiger partial charge in [-0.2, -0.15) is 0 Å². The summed E-state index contributed by atoms with van der Waals surface area (Å²) in [7, 11) is 0. The lowest BCUT2D eigenvalue weighted by molar-refractivity contribution is -0.137. The number of aliphatic hydroxyl groups is 1. The van der Waals surface area contributed by atoms with E-state index in [1.807, 2.05) is 37.3 Å². The first kappa shape index (κ1) is 16.0. The van der Waals surface area contributed by atoms with Crippen molar-refractivity contribution in [3.8, 4) is 0 Å². The fourth-order valence-electron chi connectivity index (χ4n) is 1.69. The van der Waals surface area contributed by atoms with Crippen LogP contribution in [0.3, 0.4) is 0 Å². The maximum Gasteiger partial charge on any atom is 0.322 e. The van der Waals surface area contributed by atoms with E-state index in [2.05, 4.69) is 5.32 Å². The van der Waals surface area contributed by atoms with Crippen molar-refractivity contribution in [2.45, 2.75) is 19.4 Å². The van der Waals surface area contributed by atoms with E-state index in [1.54, 1.807) is 4.90 Å². The lowest BCUT2D eigenvalue weighted by atomic mass is 10.2. The molecule has 110 valence electrons. The second kappa shape index (κ2) is 8.16. The number of carboxylic acid groups (broad SMARTS) is 1. The molecule has 6 heteroatoms. The number of para-hydroxylation sites is 1. The van der Waals surface area contributed by atoms with Gasteiger partial charge in [0.05, 0.1) is 12.6 Å². The van der Waals surface area contributed by atoms with E-state index in [-0.39, 0.29) is 12.5 Å². The quantitative estimate of drug-likeness (QED) is 0.644. The number of carboxylic acids is 1. The average Bonchev–Trinajstić information content (AvgIpc) is 2.45. The van der Waals surface area contributed by atoms with Gasteiger partial charge in [0.1, 0.15) is 6.54 Å². The summed E-state index contributed by atoms with van der Waals surface area (Å²) in [6, 6.07) is 9.23. The molecule has 1 amide bonds. The molecule has 6 nitrogen and oxygen atoms in total. The number of aliphatic carboxylic acids is 1. The van der Waals surface area contributed by atoms with Gasteiger partial charge in [-0.3, -0.25) is 9.59 Å². The van der Waals surface area contributed by atoms with Crippen LogP contribution in [0.15, 0.2) is 30.3 Å². The van der Waals surface area contributed by atoms with Gasteiger partial charge in [0.25, 0.3) is 0 Å². The van der Waals surface area contributed by atoms with Crippen LogP contribution in [0.4, 0.5) is 5.69 Å². The van der Waals surface area contributed by atoms with Gasteiger partial charge in [-0.15, -0.1) is 0 Å². The van der Waals surface area contributed by atoms with E-state index in [0.29, 0.717) is 13.0 Å². The van der Waals surface area contributed by atoms with Crippen LogP contribution in [0.1, 0.15) is 13.3 Å². The van der Waals surface area contributed by atoms with Crippen molar-refractivity contribution in [1.29, 1.82) is 0 Å². The zero-order chi connectivity index (χ0) is 15.0. The monoisotopic (exact) mass is 280 g/mol. The van der Waals surface area contributed by atoms with Gasteiger partial charge in [0, 0.05) is 12.2 Å². The van der Waals surface area contributed by atoms with Crippen molar-refractivity contribution < 1.29 is 19.8 Å². The maximum absolute atomic E-state index is 11.7. The summed E-state index contributed by atoms with van der Waals surface area (Å²) in [5.74, 6) is -1.47. The van der Waals surface area contributed by atoms with E-state index in [1.165, 1.54) is 0 Å². The van der Waals surface area contributed by atoms with Gasteiger partial charge in [-0.1, -0.05) is 25.1 Å². The van der Waals surface area contributed by atoms with Gasteiger partial charge in [-0.25, -0.2) is 0 Å². The maximum atomic E-state index is 11.7. The number of carbonyl (C=O) groups excluding carboxylic acids is 1. The first-order valence-electron chi connectivity index (χ1n) is 6.49. The number of nitrogens with zero attached hydrogens (tertiary/aromatic N) is 1. The van der Waals surface area contributed by atoms with Crippen molar-refractivity contribution in [2.75, 3.05) is 24.5 Å². The Kier molecular flexibility index (Phi) is 6.52. The number of nitrogens with one attached hydrogen (secondary N) is 1. The predicted molar refractivity (Wildman–Crippen MR) is 75.6 cm³/mol. The first-order valence-corrected chi connectivity index (χ1v) is 6.49. The van der Waals surface area contributed by atoms with Crippen molar-refractivity contribution in [1.82, 2.24) is 5.32 Å². The predicted octanol–water partition coefficient (Wildman–Crippen LogP) is 0.465. The minimum absolute atomic E-state index is 0.00829. The van der Waals surface area contributed by atoms with E-state index in [9.17, 15) is 14.7 Å². The second-order valence-corrected chi connectivity index (χ2v) is 4.45. The third kappa shape index (κ3) is 5.71. The smallest absolute Gasteiger partial charge is 0.322 e. The molecule has 0 spiro atoms. The molecule has 0 aromatic heterocycles. The Hall–Kier alpha value is -2.08. The number of anilines is 1. The van der Waals surface area contributed by atoms with Gasteiger partial charge in [0.15, 0.2) is 0 Å². The van der Waals surface area contributed by atoms with Gasteiger partial charge in [0.2, 0.25) is 5.91 Å². The van der Waals surface area contributed by atoms with Crippen LogP contribution in [0, 0.1) is 0 Å². The van der Waals surface area contributed by atoms with Crippen LogP contribution in [-0.4, -0.2) is 47.8 Å². The van der Waals surface area contributed by atoms with Crippen molar-refractivity contribution in [2.24, 2.45) is 0 Å². The molecule has 0 saturated heterocycles. The van der Waals surface area contributed by atoms with E-state index in [4.69, 9.17) is 5.11 Å². The molecule has 0 heterocycles. The first-order chi connectivity index (χ1) is 9.52. The average molecular weight is 280 g/mol. The molecule has 0 bridgehead atoms. The minimum atomic E-state index is -1.08. The van der Waals surface area contributed by atoms with Gasteiger partial charge in [-0.05, 0) is 18.6 Å². The lowest BCUT2D eigenvalue weighted by Gasteiger charge is -2.26. The van der Waals surface area contributed by atoms with Gasteiger partial charge < -0.3 is 20.4 Å². The molecule has 0 radical (unpaired) electrons. The number of rotatable bonds is 8. The molecule has 1 rings (SSSR count). The Labute approximate surface area is 118 Å². The molecule has 3 N–H and O–H groups in total. The normalized spacial score (nSPS) is 11.7. The summed E-state index contributed by atoms with van der Waals surface area (Å²) in [6.45, 7) is 1.78. The van der Waals surface area contributed by atoms with Crippen LogP contribution in [0.2, 0.25) is 0 Å². The molecule has 0 aliphatic rings. The summed E-state index contributed by atoms with van der Waals surface area (Å²) in [5.41, 5.74) is 0.811. The highest BCUT2D eigenvalue weighted by Gasteiger charge is 2.15. The third-order valence-corrected chi connectivity index (χ3v) is 2.79. The van der Waals surface area contributed by atoms with E-state index in [0.717, 1.165) is 5.69 Å². The molecular weight excluding hydrogens is 260 g/mol. The molecule has 1 aromatic carbocycles. The highest BCUT2D eigenvalue weighted by molar-refractivity contribution is 5.84. The Balaban J connectivity index is 2.68. The summed E-state index contributed by atoms with van der Waals surface area (Å²) >= 11 is 0. The number of carbonyl (C=O) groups is 2. The summed E-state index contributed by atoms with van der Waals surface area (Å²) < 4.78 is 0. The topological polar surface area (TPSA) is 89.9 Å². The molecular formula is C14H20N2O4. The van der Waals surface area contributed by atoms with Crippen LogP contribution < -0.4 is 10.2 Å². The fourth-order valence-corrected chi connectivity index (χ4v) is 1.69. The fraction of sp³-hybridized carbons (Fsp3) is 0.429. The number of hydrogen-bond donors (Lipinski definition) is 3. The third-order valence-electron chi connectivity index (χ3n) is 2.79. The largest absolute Gasteiger partial charge is 0.480 e. The van der Waals surface area contributed by atoms with Crippen LogP contribution >= 0.6 is 0 Å². The summed E-state index contributed by atoms with van der Waals surface area (Å²) in [6.07, 6.45) is 0.0440. The SMILES string of the molecule is CCC(O)CN(CC(=O)NCC(=O)O)c1ccccc1. The van der Waals surface area contributed by atoms with Crippen molar-refractivity contribution in [3.05, 3.63) is 30.3 Å². The Bertz CT molecular complexity index is 436. The molecule has 1 aromatic rings. The molecule has 0 saturated carbocycles. The van der Waals surface area contributed by atoms with Crippen molar-refractivity contribution >= 4 is 17.6 Å². The molecule has 20 heavy (non-hydrogen) atoms. The molecule has 0 fully saturated rings. The number of benzene rings is 1. The highest BCUT2D eigenvalue weighted by Crippen LogP contribution is 2.13. The Morgan fingerprint density at radius 3 is 2.50 bits per heavy atom. The van der Waals surface area contributed by atoms with Gasteiger partial charge >= 0.3 is 5.97 Å². The number of amides is 1. The van der Waals surface area contributed by atoms with Crippen LogP contribution in [0.25, 0.3) is 0 Å². The summed E-state index contributed by atoms with van der Waals surface area (Å²) in [5, 5.41) is 20.6. The van der Waals surface area contributed by atoms with Crippen LogP contribution in [0.5, 0.6) is 0 Å². The molecule has 0 aliphatic carbocycles. The number of hydrogen-bond acceptors (Lipinski definition) is 4. The highest BCUT2D eigenvalue weighted by atomic mass is 16.4. The second-order valence-electron chi connectivity index (χ2n) is 4.45. The van der Waals surface area contributed by atoms with E-state index < -0.39 is 18.6 Å². The molecule has 1 atom stereocenters. The Morgan fingerprint density at radius 2 is 1.95 bits per heavy atom. The Morgan fingerprint density at radius 1 is 1.30 bits per heavy atom. The zero-order valence-corrected chi connectivity index (χ0v) is 11.5. The summed E-state index contributed by atoms with van der Waals surface area (Å²) in [4.78, 5) is 23.8. The lowest BCUT2D eigenvalue weighted by Crippen LogP contribution is -2.42. The zero-order valence-electron chi connectivity index (χ0n) is 11.5. The van der Waals surface area contributed by atoms with Crippen LogP contribution in [-0.2, 0) is 9.59 Å². The standard InChI is InChI=1S/C14H20N2O4/c1-2-12(17)9-16(11-6-4-3-5-7-11)10-13(18)15-8-14(19)20/h3-7,12,17H,2,8-10H2,1H3,(H,15,18)(H,19,20). The number of aliphatic hydroxyl groups excluding tert-OH is 1. The molecule has 1 unspecified atom stereocenters. The van der Waals surface area contributed by atoms with Crippen molar-refractivity contribution in [3.63, 3.8) is 0 Å². The minimum Gasteiger partial charge on any atom is -0.480 e. The van der Waals surface area contributed by atoms with E-state index >= 15 is 0 Å². The molecule has 0 aliphatic heterocycles.